The molecule has 0 amide bonds. The van der Waals surface area contributed by atoms with Crippen LogP contribution in [0, 0.1) is 6.92 Å². The smallest absolute Gasteiger partial charge is 0.335 e. The van der Waals surface area contributed by atoms with Gasteiger partial charge in [-0.2, -0.15) is 0 Å². The molecule has 0 unspecified atom stereocenters. The molecule has 112 valence electrons. The van der Waals surface area contributed by atoms with Gasteiger partial charge >= 0.3 is 5.97 Å². The molecule has 1 aromatic heterocycles. The summed E-state index contributed by atoms with van der Waals surface area (Å²) in [5.74, 6) is -1.17. The van der Waals surface area contributed by atoms with Gasteiger partial charge in [0, 0.05) is 11.1 Å². The van der Waals surface area contributed by atoms with Crippen LogP contribution < -0.4 is 9.46 Å². The Balaban J connectivity index is 2.47. The summed E-state index contributed by atoms with van der Waals surface area (Å²) in [5, 5.41) is 9.17. The number of methoxy groups -OCH3 is 1. The molecule has 21 heavy (non-hydrogen) atoms. The highest BCUT2D eigenvalue weighted by Crippen LogP contribution is 2.28. The van der Waals surface area contributed by atoms with Crippen LogP contribution in [0.15, 0.2) is 29.3 Å². The molecule has 2 rings (SSSR count). The lowest BCUT2D eigenvalue weighted by Gasteiger charge is -2.10. The average molecular weight is 328 g/mol. The van der Waals surface area contributed by atoms with Crippen LogP contribution in [-0.4, -0.2) is 31.6 Å². The van der Waals surface area contributed by atoms with Gasteiger partial charge in [-0.25, -0.2) is 18.2 Å². The summed E-state index contributed by atoms with van der Waals surface area (Å²) in [6.07, 6.45) is 1.54. The van der Waals surface area contributed by atoms with Gasteiger partial charge in [-0.05, 0) is 25.1 Å². The monoisotopic (exact) mass is 328 g/mol. The van der Waals surface area contributed by atoms with E-state index < -0.39 is 16.0 Å². The van der Waals surface area contributed by atoms with Crippen molar-refractivity contribution < 1.29 is 23.1 Å². The summed E-state index contributed by atoms with van der Waals surface area (Å²) < 4.78 is 32.0. The molecule has 2 aromatic rings. The highest BCUT2D eigenvalue weighted by atomic mass is 32.2. The van der Waals surface area contributed by atoms with Crippen LogP contribution in [0.5, 0.6) is 5.75 Å². The van der Waals surface area contributed by atoms with Crippen molar-refractivity contribution in [2.75, 3.05) is 11.8 Å². The van der Waals surface area contributed by atoms with Crippen molar-refractivity contribution in [2.45, 2.75) is 11.8 Å². The Kier molecular flexibility index (Phi) is 4.14. The van der Waals surface area contributed by atoms with E-state index in [0.29, 0.717) is 0 Å². The number of carboxylic acids is 1. The minimum Gasteiger partial charge on any atom is -0.495 e. The summed E-state index contributed by atoms with van der Waals surface area (Å²) in [4.78, 5) is 15.5. The number of rotatable bonds is 5. The number of sulfonamides is 1. The maximum absolute atomic E-state index is 12.3. The highest BCUT2D eigenvalue weighted by molar-refractivity contribution is 7.93. The fourth-order valence-electron chi connectivity index (χ4n) is 1.59. The first kappa shape index (κ1) is 15.3. The second-order valence-corrected chi connectivity index (χ2v) is 6.94. The van der Waals surface area contributed by atoms with E-state index in [0.717, 1.165) is 10.9 Å². The van der Waals surface area contributed by atoms with Gasteiger partial charge in [-0.15, -0.1) is 11.3 Å². The SMILES string of the molecule is COc1ccc(C(=O)O)cc1S(=O)(=O)Nc1ncc(C)s1. The van der Waals surface area contributed by atoms with E-state index in [2.05, 4.69) is 9.71 Å². The number of aromatic carboxylic acids is 1. The number of hydrogen-bond acceptors (Lipinski definition) is 6. The van der Waals surface area contributed by atoms with E-state index in [1.54, 1.807) is 6.92 Å². The van der Waals surface area contributed by atoms with Crippen LogP contribution in [-0.2, 0) is 10.0 Å². The maximum atomic E-state index is 12.3. The van der Waals surface area contributed by atoms with E-state index in [9.17, 15) is 13.2 Å². The molecule has 7 nitrogen and oxygen atoms in total. The van der Waals surface area contributed by atoms with Crippen molar-refractivity contribution in [1.29, 1.82) is 0 Å². The van der Waals surface area contributed by atoms with E-state index in [4.69, 9.17) is 9.84 Å². The lowest BCUT2D eigenvalue weighted by atomic mass is 10.2. The summed E-state index contributed by atoms with van der Waals surface area (Å²) in [6, 6.07) is 3.61. The number of benzene rings is 1. The maximum Gasteiger partial charge on any atom is 0.335 e. The van der Waals surface area contributed by atoms with Crippen molar-refractivity contribution in [3.63, 3.8) is 0 Å². The van der Waals surface area contributed by atoms with Gasteiger partial charge < -0.3 is 9.84 Å². The quantitative estimate of drug-likeness (QED) is 0.869. The molecule has 0 saturated heterocycles. The summed E-state index contributed by atoms with van der Waals surface area (Å²) in [5.41, 5.74) is -0.147. The second kappa shape index (κ2) is 5.70. The van der Waals surface area contributed by atoms with Crippen LogP contribution in [0.25, 0.3) is 0 Å². The molecular formula is C12H12N2O5S2. The number of aromatic nitrogens is 1. The topological polar surface area (TPSA) is 106 Å². The molecule has 0 spiro atoms. The Morgan fingerprint density at radius 1 is 1.43 bits per heavy atom. The molecule has 0 atom stereocenters. The van der Waals surface area contributed by atoms with Gasteiger partial charge in [-0.1, -0.05) is 0 Å². The van der Waals surface area contributed by atoms with Crippen molar-refractivity contribution in [3.05, 3.63) is 34.8 Å². The zero-order valence-electron chi connectivity index (χ0n) is 11.2. The van der Waals surface area contributed by atoms with Crippen LogP contribution in [0.1, 0.15) is 15.2 Å². The van der Waals surface area contributed by atoms with Crippen molar-refractivity contribution in [3.8, 4) is 5.75 Å². The third-order valence-corrected chi connectivity index (χ3v) is 4.86. The van der Waals surface area contributed by atoms with E-state index in [1.807, 2.05) is 0 Å². The Morgan fingerprint density at radius 3 is 2.67 bits per heavy atom. The molecule has 9 heteroatoms. The molecule has 0 fully saturated rings. The number of nitrogens with zero attached hydrogens (tertiary/aromatic N) is 1. The summed E-state index contributed by atoms with van der Waals surface area (Å²) >= 11 is 1.17. The standard InChI is InChI=1S/C12H12N2O5S2/c1-7-6-13-12(20-7)14-21(17,18)10-5-8(11(15)16)3-4-9(10)19-2/h3-6H,1-2H3,(H,13,14)(H,15,16). The number of aryl methyl sites for hydroxylation is 1. The number of thiazole rings is 1. The Labute approximate surface area is 125 Å². The normalized spacial score (nSPS) is 11.1. The lowest BCUT2D eigenvalue weighted by molar-refractivity contribution is 0.0696. The molecule has 0 aliphatic heterocycles. The molecule has 1 aromatic carbocycles. The number of carboxylic acid groups (broad SMARTS) is 1. The van der Waals surface area contributed by atoms with Gasteiger partial charge in [0.05, 0.1) is 12.7 Å². The fraction of sp³-hybridized carbons (Fsp3) is 0.167. The first-order valence-corrected chi connectivity index (χ1v) is 8.00. The zero-order valence-corrected chi connectivity index (χ0v) is 12.8. The predicted octanol–water partition coefficient (Wildman–Crippen LogP) is 1.96. The van der Waals surface area contributed by atoms with Crippen LogP contribution in [0.4, 0.5) is 5.13 Å². The van der Waals surface area contributed by atoms with E-state index in [-0.39, 0.29) is 21.3 Å². The number of hydrogen-bond donors (Lipinski definition) is 2. The molecule has 0 radical (unpaired) electrons. The number of carbonyl (C=O) groups is 1. The second-order valence-electron chi connectivity index (χ2n) is 4.05. The minimum atomic E-state index is -3.99. The molecule has 0 aliphatic rings. The minimum absolute atomic E-state index is 0.0563. The molecule has 1 heterocycles. The summed E-state index contributed by atoms with van der Waals surface area (Å²) in [7, 11) is -2.68. The summed E-state index contributed by atoms with van der Waals surface area (Å²) in [6.45, 7) is 1.79. The van der Waals surface area contributed by atoms with Gasteiger partial charge in [0.25, 0.3) is 10.0 Å². The Morgan fingerprint density at radius 2 is 2.14 bits per heavy atom. The van der Waals surface area contributed by atoms with Crippen LogP contribution >= 0.6 is 11.3 Å². The van der Waals surface area contributed by atoms with Gasteiger partial charge in [0.2, 0.25) is 0 Å². The van der Waals surface area contributed by atoms with Gasteiger partial charge in [-0.3, -0.25) is 4.72 Å². The zero-order chi connectivity index (χ0) is 15.6. The molecule has 0 saturated carbocycles. The van der Waals surface area contributed by atoms with Crippen molar-refractivity contribution >= 4 is 32.5 Å². The van der Waals surface area contributed by atoms with Crippen molar-refractivity contribution in [2.24, 2.45) is 0 Å². The van der Waals surface area contributed by atoms with Crippen LogP contribution in [0.2, 0.25) is 0 Å². The lowest BCUT2D eigenvalue weighted by Crippen LogP contribution is -2.15. The number of ether oxygens (including phenoxy) is 1. The molecule has 2 N–H and O–H groups in total. The fourth-order valence-corrected chi connectivity index (χ4v) is 3.69. The van der Waals surface area contributed by atoms with Crippen molar-refractivity contribution in [1.82, 2.24) is 4.98 Å². The first-order chi connectivity index (χ1) is 9.83. The first-order valence-electron chi connectivity index (χ1n) is 5.70. The Bertz CT molecular complexity index is 783. The predicted molar refractivity (Wildman–Crippen MR) is 77.6 cm³/mol. The van der Waals surface area contributed by atoms with E-state index >= 15 is 0 Å². The number of nitrogens with one attached hydrogen (secondary N) is 1. The number of anilines is 1. The molecule has 0 aliphatic carbocycles. The average Bonchev–Trinajstić information content (AvgIpc) is 2.82. The third kappa shape index (κ3) is 3.31. The largest absolute Gasteiger partial charge is 0.495 e. The van der Waals surface area contributed by atoms with E-state index in [1.165, 1.54) is 36.8 Å². The Hall–Kier alpha value is -2.13. The highest BCUT2D eigenvalue weighted by Gasteiger charge is 2.22. The third-order valence-electron chi connectivity index (χ3n) is 2.54. The van der Waals surface area contributed by atoms with Gasteiger partial charge in [0.1, 0.15) is 10.6 Å². The molecule has 0 bridgehead atoms. The van der Waals surface area contributed by atoms with Crippen LogP contribution in [0.3, 0.4) is 0 Å². The molecular weight excluding hydrogens is 316 g/mol. The van der Waals surface area contributed by atoms with Gasteiger partial charge in [0.15, 0.2) is 5.13 Å².